The van der Waals surface area contributed by atoms with E-state index in [2.05, 4.69) is 70.1 Å². The molecule has 21 heavy (non-hydrogen) atoms. The summed E-state index contributed by atoms with van der Waals surface area (Å²) in [6.45, 7) is 4.43. The van der Waals surface area contributed by atoms with Crippen molar-refractivity contribution in [2.75, 3.05) is 0 Å². The average molecular weight is 345 g/mol. The van der Waals surface area contributed by atoms with Gasteiger partial charge in [0.05, 0.1) is 11.0 Å². The minimum atomic E-state index is -0.171. The van der Waals surface area contributed by atoms with E-state index < -0.39 is 0 Å². The maximum Gasteiger partial charge on any atom is 0.323 e. The van der Waals surface area contributed by atoms with Gasteiger partial charge in [0.2, 0.25) is 0 Å². The van der Waals surface area contributed by atoms with Gasteiger partial charge in [-0.15, -0.1) is 0 Å². The smallest absolute Gasteiger partial charge is 0.306 e. The zero-order valence-corrected chi connectivity index (χ0v) is 13.6. The number of H-pyrrole nitrogens is 2. The Morgan fingerprint density at radius 2 is 1.67 bits per heavy atom. The number of hydrogen-bond donors (Lipinski definition) is 2. The van der Waals surface area contributed by atoms with E-state index in [0.717, 1.165) is 16.6 Å². The number of halogens is 1. The van der Waals surface area contributed by atoms with Crippen LogP contribution in [-0.4, -0.2) is 9.97 Å². The van der Waals surface area contributed by atoms with Gasteiger partial charge in [0, 0.05) is 10.2 Å². The van der Waals surface area contributed by atoms with Gasteiger partial charge in [0.25, 0.3) is 0 Å². The monoisotopic (exact) mass is 344 g/mol. The number of fused-ring (bicyclic) bond motifs is 1. The molecule has 2 N–H and O–H groups in total. The third kappa shape index (κ3) is 2.56. The maximum absolute atomic E-state index is 11.4. The van der Waals surface area contributed by atoms with Crippen LogP contribution in [0.2, 0.25) is 0 Å². The van der Waals surface area contributed by atoms with Crippen LogP contribution in [0.4, 0.5) is 0 Å². The Hall–Kier alpha value is -1.81. The van der Waals surface area contributed by atoms with Crippen LogP contribution >= 0.6 is 15.9 Å². The standard InChI is InChI=1S/C17H17BrN2O/c1-17(2,12-6-4-3-5-7-12)15(18)11-8-9-13-14(10-11)20-16(21)19-13/h3-10,15H,1-2H3,(H2,19,20,21). The van der Waals surface area contributed by atoms with Gasteiger partial charge in [0.15, 0.2) is 0 Å². The number of aromatic nitrogens is 2. The van der Waals surface area contributed by atoms with Crippen molar-refractivity contribution in [3.63, 3.8) is 0 Å². The van der Waals surface area contributed by atoms with Crippen molar-refractivity contribution in [2.45, 2.75) is 24.1 Å². The fourth-order valence-electron chi connectivity index (χ4n) is 2.64. The molecule has 0 aliphatic heterocycles. The minimum Gasteiger partial charge on any atom is -0.306 e. The summed E-state index contributed by atoms with van der Waals surface area (Å²) in [5.41, 5.74) is 3.86. The van der Waals surface area contributed by atoms with Gasteiger partial charge in [-0.1, -0.05) is 66.2 Å². The summed E-state index contributed by atoms with van der Waals surface area (Å²) in [6.07, 6.45) is 0. The molecule has 1 atom stereocenters. The van der Waals surface area contributed by atoms with Gasteiger partial charge in [-0.05, 0) is 23.3 Å². The Morgan fingerprint density at radius 3 is 2.38 bits per heavy atom. The molecule has 0 saturated heterocycles. The molecule has 3 nitrogen and oxygen atoms in total. The summed E-state index contributed by atoms with van der Waals surface area (Å²) in [5.74, 6) is 0. The van der Waals surface area contributed by atoms with E-state index in [1.165, 1.54) is 5.56 Å². The number of nitrogens with one attached hydrogen (secondary N) is 2. The summed E-state index contributed by atoms with van der Waals surface area (Å²) in [7, 11) is 0. The normalized spacial score (nSPS) is 13.5. The lowest BCUT2D eigenvalue weighted by molar-refractivity contribution is 0.518. The lowest BCUT2D eigenvalue weighted by Crippen LogP contribution is -2.23. The molecule has 0 radical (unpaired) electrons. The molecule has 0 bridgehead atoms. The van der Waals surface area contributed by atoms with Crippen LogP contribution in [0.5, 0.6) is 0 Å². The number of imidazole rings is 1. The highest BCUT2D eigenvalue weighted by Gasteiger charge is 2.30. The largest absolute Gasteiger partial charge is 0.323 e. The summed E-state index contributed by atoms with van der Waals surface area (Å²) < 4.78 is 0. The van der Waals surface area contributed by atoms with Crippen LogP contribution in [0.25, 0.3) is 11.0 Å². The van der Waals surface area contributed by atoms with Crippen LogP contribution < -0.4 is 5.69 Å². The number of hydrogen-bond acceptors (Lipinski definition) is 1. The molecule has 4 heteroatoms. The summed E-state index contributed by atoms with van der Waals surface area (Å²) >= 11 is 3.83. The minimum absolute atomic E-state index is 0.0639. The van der Waals surface area contributed by atoms with E-state index in [1.807, 2.05) is 18.2 Å². The number of alkyl halides is 1. The average Bonchev–Trinajstić information content (AvgIpc) is 2.86. The Bertz CT molecular complexity index is 817. The van der Waals surface area contributed by atoms with Crippen molar-refractivity contribution in [3.05, 3.63) is 70.1 Å². The number of aromatic amines is 2. The van der Waals surface area contributed by atoms with Gasteiger partial charge >= 0.3 is 5.69 Å². The zero-order chi connectivity index (χ0) is 15.0. The molecule has 0 aliphatic carbocycles. The second-order valence-electron chi connectivity index (χ2n) is 5.83. The van der Waals surface area contributed by atoms with Gasteiger partial charge < -0.3 is 9.97 Å². The van der Waals surface area contributed by atoms with Crippen LogP contribution in [0.1, 0.15) is 29.8 Å². The van der Waals surface area contributed by atoms with Crippen molar-refractivity contribution in [1.82, 2.24) is 9.97 Å². The molecule has 0 spiro atoms. The number of rotatable bonds is 3. The van der Waals surface area contributed by atoms with E-state index in [9.17, 15) is 4.79 Å². The van der Waals surface area contributed by atoms with E-state index >= 15 is 0 Å². The second-order valence-corrected chi connectivity index (χ2v) is 6.75. The first-order valence-electron chi connectivity index (χ1n) is 6.90. The zero-order valence-electron chi connectivity index (χ0n) is 12.0. The lowest BCUT2D eigenvalue weighted by atomic mass is 9.79. The second kappa shape index (κ2) is 5.19. The predicted molar refractivity (Wildman–Crippen MR) is 90.1 cm³/mol. The quantitative estimate of drug-likeness (QED) is 0.685. The summed E-state index contributed by atoms with van der Waals surface area (Å²) in [4.78, 5) is 17.1. The topological polar surface area (TPSA) is 48.6 Å². The molecule has 108 valence electrons. The van der Waals surface area contributed by atoms with Crippen molar-refractivity contribution in [1.29, 1.82) is 0 Å². The first-order valence-corrected chi connectivity index (χ1v) is 7.81. The predicted octanol–water partition coefficient (Wildman–Crippen LogP) is 4.27. The highest BCUT2D eigenvalue weighted by molar-refractivity contribution is 9.09. The van der Waals surface area contributed by atoms with Crippen molar-refractivity contribution >= 4 is 27.0 Å². The van der Waals surface area contributed by atoms with E-state index in [0.29, 0.717) is 0 Å². The molecule has 0 amide bonds. The van der Waals surface area contributed by atoms with Crippen LogP contribution in [-0.2, 0) is 5.41 Å². The van der Waals surface area contributed by atoms with E-state index in [4.69, 9.17) is 0 Å². The molecule has 1 unspecified atom stereocenters. The van der Waals surface area contributed by atoms with Crippen LogP contribution in [0.3, 0.4) is 0 Å². The fraction of sp³-hybridized carbons (Fsp3) is 0.235. The molecule has 0 fully saturated rings. The Balaban J connectivity index is 2.02. The Labute approximate surface area is 131 Å². The van der Waals surface area contributed by atoms with E-state index in [-0.39, 0.29) is 15.9 Å². The molecular weight excluding hydrogens is 328 g/mol. The third-order valence-electron chi connectivity index (χ3n) is 3.98. The third-order valence-corrected chi connectivity index (χ3v) is 5.66. The van der Waals surface area contributed by atoms with Crippen LogP contribution in [0, 0.1) is 0 Å². The molecule has 2 aromatic carbocycles. The first kappa shape index (κ1) is 14.1. The molecular formula is C17H17BrN2O. The molecule has 0 aliphatic rings. The van der Waals surface area contributed by atoms with Crippen molar-refractivity contribution in [2.24, 2.45) is 0 Å². The fourth-order valence-corrected chi connectivity index (χ4v) is 3.19. The molecule has 3 aromatic rings. The van der Waals surface area contributed by atoms with Gasteiger partial charge in [0.1, 0.15) is 0 Å². The molecule has 3 rings (SSSR count). The van der Waals surface area contributed by atoms with Crippen LogP contribution in [0.15, 0.2) is 53.3 Å². The highest BCUT2D eigenvalue weighted by Crippen LogP contribution is 2.43. The summed E-state index contributed by atoms with van der Waals surface area (Å²) in [6, 6.07) is 16.5. The maximum atomic E-state index is 11.4. The van der Waals surface area contributed by atoms with Gasteiger partial charge in [-0.3, -0.25) is 0 Å². The van der Waals surface area contributed by atoms with E-state index in [1.54, 1.807) is 0 Å². The molecule has 1 aromatic heterocycles. The first-order chi connectivity index (χ1) is 9.98. The number of benzene rings is 2. The van der Waals surface area contributed by atoms with Gasteiger partial charge in [-0.25, -0.2) is 4.79 Å². The SMILES string of the molecule is CC(C)(c1ccccc1)C(Br)c1ccc2[nH]c(=O)[nH]c2c1. The Morgan fingerprint density at radius 1 is 1.00 bits per heavy atom. The molecule has 0 saturated carbocycles. The van der Waals surface area contributed by atoms with Crippen molar-refractivity contribution in [3.8, 4) is 0 Å². The lowest BCUT2D eigenvalue weighted by Gasteiger charge is -2.31. The Kier molecular flexibility index (Phi) is 3.49. The van der Waals surface area contributed by atoms with Crippen molar-refractivity contribution < 1.29 is 0 Å². The highest BCUT2D eigenvalue weighted by atomic mass is 79.9. The summed E-state index contributed by atoms with van der Waals surface area (Å²) in [5, 5.41) is 0. The van der Waals surface area contributed by atoms with Gasteiger partial charge in [-0.2, -0.15) is 0 Å². The molecule has 1 heterocycles.